The van der Waals surface area contributed by atoms with Gasteiger partial charge in [-0.25, -0.2) is 0 Å². The lowest BCUT2D eigenvalue weighted by Gasteiger charge is -2.30. The van der Waals surface area contributed by atoms with E-state index in [4.69, 9.17) is 4.74 Å². The van der Waals surface area contributed by atoms with Gasteiger partial charge >= 0.3 is 0 Å². The zero-order valence-corrected chi connectivity index (χ0v) is 12.8. The third-order valence-electron chi connectivity index (χ3n) is 3.79. The molecule has 1 heterocycles. The van der Waals surface area contributed by atoms with Crippen LogP contribution in [-0.4, -0.2) is 24.2 Å². The number of ether oxygens (including phenoxy) is 1. The summed E-state index contributed by atoms with van der Waals surface area (Å²) in [4.78, 5) is 4.27. The number of hydrogen-bond donors (Lipinski definition) is 1. The van der Waals surface area contributed by atoms with E-state index in [0.29, 0.717) is 0 Å². The number of fused-ring (bicyclic) bond motifs is 1. The summed E-state index contributed by atoms with van der Waals surface area (Å²) in [7, 11) is 1.77. The van der Waals surface area contributed by atoms with Gasteiger partial charge in [0.1, 0.15) is 0 Å². The Bertz CT molecular complexity index is 560. The lowest BCUT2D eigenvalue weighted by Crippen LogP contribution is -2.32. The summed E-state index contributed by atoms with van der Waals surface area (Å²) in [6.07, 6.45) is 4.72. The number of methoxy groups -OCH3 is 1. The summed E-state index contributed by atoms with van der Waals surface area (Å²) >= 11 is 0. The summed E-state index contributed by atoms with van der Waals surface area (Å²) in [6, 6.07) is 8.75. The summed E-state index contributed by atoms with van der Waals surface area (Å²) in [6.45, 7) is 7.32. The molecule has 0 bridgehead atoms. The van der Waals surface area contributed by atoms with E-state index in [1.807, 2.05) is 12.4 Å². The minimum Gasteiger partial charge on any atom is -0.379 e. The molecule has 1 unspecified atom stereocenters. The number of hydrogen-bond acceptors (Lipinski definition) is 3. The lowest BCUT2D eigenvalue weighted by atomic mass is 9.91. The van der Waals surface area contributed by atoms with Gasteiger partial charge in [-0.15, -0.1) is 0 Å². The Hall–Kier alpha value is -1.45. The van der Waals surface area contributed by atoms with Gasteiger partial charge in [-0.05, 0) is 43.8 Å². The number of rotatable bonds is 6. The maximum atomic E-state index is 5.59. The van der Waals surface area contributed by atoms with Crippen LogP contribution < -0.4 is 5.32 Å². The van der Waals surface area contributed by atoms with Crippen molar-refractivity contribution in [1.29, 1.82) is 0 Å². The first-order valence-corrected chi connectivity index (χ1v) is 7.18. The predicted molar refractivity (Wildman–Crippen MR) is 83.9 cm³/mol. The minimum atomic E-state index is -0.156. The summed E-state index contributed by atoms with van der Waals surface area (Å²) in [5.41, 5.74) is 1.14. The molecule has 0 aliphatic rings. The number of nitrogens with one attached hydrogen (secondary N) is 1. The molecule has 2 rings (SSSR count). The zero-order valence-electron chi connectivity index (χ0n) is 12.8. The molecule has 3 nitrogen and oxygen atoms in total. The first-order chi connectivity index (χ1) is 9.57. The maximum absolute atomic E-state index is 5.59. The van der Waals surface area contributed by atoms with Crippen LogP contribution in [0.25, 0.3) is 10.8 Å². The fourth-order valence-electron chi connectivity index (χ4n) is 2.55. The van der Waals surface area contributed by atoms with Gasteiger partial charge < -0.3 is 10.1 Å². The number of benzene rings is 1. The van der Waals surface area contributed by atoms with Gasteiger partial charge in [0.2, 0.25) is 0 Å². The van der Waals surface area contributed by atoms with E-state index in [0.717, 1.165) is 13.0 Å². The Kier molecular flexibility index (Phi) is 4.73. The molecular formula is C17H24N2O. The highest BCUT2D eigenvalue weighted by Gasteiger charge is 2.24. The van der Waals surface area contributed by atoms with Crippen molar-refractivity contribution >= 4 is 10.8 Å². The quantitative estimate of drug-likeness (QED) is 0.870. The molecule has 1 aromatic carbocycles. The molecule has 3 heteroatoms. The molecule has 108 valence electrons. The smallest absolute Gasteiger partial charge is 0.0640 e. The molecular weight excluding hydrogens is 248 g/mol. The molecule has 0 aliphatic heterocycles. The molecule has 0 radical (unpaired) electrons. The van der Waals surface area contributed by atoms with Crippen LogP contribution in [0.2, 0.25) is 0 Å². The zero-order chi connectivity index (χ0) is 14.6. The molecule has 20 heavy (non-hydrogen) atoms. The van der Waals surface area contributed by atoms with Crippen molar-refractivity contribution in [2.24, 2.45) is 0 Å². The monoisotopic (exact) mass is 272 g/mol. The number of aromatic nitrogens is 1. The van der Waals surface area contributed by atoms with Crippen molar-refractivity contribution in [2.45, 2.75) is 38.8 Å². The van der Waals surface area contributed by atoms with Crippen LogP contribution >= 0.6 is 0 Å². The van der Waals surface area contributed by atoms with Gasteiger partial charge in [0.05, 0.1) is 5.60 Å². The van der Waals surface area contributed by atoms with E-state index in [1.165, 1.54) is 16.3 Å². The third-order valence-corrected chi connectivity index (χ3v) is 3.79. The highest BCUT2D eigenvalue weighted by Crippen LogP contribution is 2.30. The van der Waals surface area contributed by atoms with E-state index >= 15 is 0 Å². The van der Waals surface area contributed by atoms with Gasteiger partial charge in [0.25, 0.3) is 0 Å². The van der Waals surface area contributed by atoms with Gasteiger partial charge in [-0.3, -0.25) is 4.98 Å². The van der Waals surface area contributed by atoms with E-state index in [2.05, 4.69) is 55.3 Å². The van der Waals surface area contributed by atoms with Crippen molar-refractivity contribution in [3.63, 3.8) is 0 Å². The Morgan fingerprint density at radius 3 is 2.80 bits per heavy atom. The van der Waals surface area contributed by atoms with E-state index in [9.17, 15) is 0 Å². The molecule has 0 saturated carbocycles. The number of pyridine rings is 1. The van der Waals surface area contributed by atoms with E-state index in [-0.39, 0.29) is 11.6 Å². The average Bonchev–Trinajstić information content (AvgIpc) is 2.46. The van der Waals surface area contributed by atoms with Crippen LogP contribution in [0.5, 0.6) is 0 Å². The summed E-state index contributed by atoms with van der Waals surface area (Å²) in [5.74, 6) is 0. The topological polar surface area (TPSA) is 34.1 Å². The normalized spacial score (nSPS) is 13.6. The second kappa shape index (κ2) is 6.33. The molecule has 2 aromatic rings. The van der Waals surface area contributed by atoms with Crippen LogP contribution in [-0.2, 0) is 4.74 Å². The highest BCUT2D eigenvalue weighted by atomic mass is 16.5. The third kappa shape index (κ3) is 3.35. The molecule has 0 fully saturated rings. The second-order valence-corrected chi connectivity index (χ2v) is 5.72. The van der Waals surface area contributed by atoms with E-state index < -0.39 is 0 Å². The fraction of sp³-hybridized carbons (Fsp3) is 0.471. The SMILES string of the molecule is CCNC(CC(C)(C)OC)c1cccc2ccncc12. The molecule has 1 N–H and O–H groups in total. The number of nitrogens with zero attached hydrogens (tertiary/aromatic N) is 1. The van der Waals surface area contributed by atoms with Crippen molar-refractivity contribution < 1.29 is 4.74 Å². The second-order valence-electron chi connectivity index (χ2n) is 5.72. The van der Waals surface area contributed by atoms with Crippen LogP contribution in [0.4, 0.5) is 0 Å². The molecule has 0 aliphatic carbocycles. The standard InChI is InChI=1S/C17H24N2O/c1-5-19-16(11-17(2,3)20-4)14-8-6-7-13-9-10-18-12-15(13)14/h6-10,12,16,19H,5,11H2,1-4H3. The van der Waals surface area contributed by atoms with Crippen molar-refractivity contribution in [3.05, 3.63) is 42.2 Å². The van der Waals surface area contributed by atoms with Crippen LogP contribution in [0.1, 0.15) is 38.8 Å². The molecule has 1 aromatic heterocycles. The lowest BCUT2D eigenvalue weighted by molar-refractivity contribution is 0.00709. The highest BCUT2D eigenvalue weighted by molar-refractivity contribution is 5.85. The van der Waals surface area contributed by atoms with E-state index in [1.54, 1.807) is 7.11 Å². The Morgan fingerprint density at radius 2 is 2.10 bits per heavy atom. The first-order valence-electron chi connectivity index (χ1n) is 7.18. The van der Waals surface area contributed by atoms with Crippen LogP contribution in [0.3, 0.4) is 0 Å². The van der Waals surface area contributed by atoms with Gasteiger partial charge in [0.15, 0.2) is 0 Å². The maximum Gasteiger partial charge on any atom is 0.0640 e. The Labute approximate surface area is 121 Å². The average molecular weight is 272 g/mol. The van der Waals surface area contributed by atoms with Crippen molar-refractivity contribution in [1.82, 2.24) is 10.3 Å². The first kappa shape index (κ1) is 14.9. The minimum absolute atomic E-state index is 0.156. The Balaban J connectivity index is 2.41. The van der Waals surface area contributed by atoms with Crippen LogP contribution in [0.15, 0.2) is 36.7 Å². The van der Waals surface area contributed by atoms with Crippen molar-refractivity contribution in [2.75, 3.05) is 13.7 Å². The molecule has 0 saturated heterocycles. The van der Waals surface area contributed by atoms with Gasteiger partial charge in [-0.2, -0.15) is 0 Å². The van der Waals surface area contributed by atoms with Gasteiger partial charge in [0, 0.05) is 30.9 Å². The largest absolute Gasteiger partial charge is 0.379 e. The fourth-order valence-corrected chi connectivity index (χ4v) is 2.55. The molecule has 1 atom stereocenters. The molecule has 0 spiro atoms. The van der Waals surface area contributed by atoms with Gasteiger partial charge in [-0.1, -0.05) is 25.1 Å². The summed E-state index contributed by atoms with van der Waals surface area (Å²) < 4.78 is 5.59. The predicted octanol–water partition coefficient (Wildman–Crippen LogP) is 3.70. The summed E-state index contributed by atoms with van der Waals surface area (Å²) in [5, 5.41) is 6.02. The van der Waals surface area contributed by atoms with Crippen LogP contribution in [0, 0.1) is 0 Å². The van der Waals surface area contributed by atoms with Crippen molar-refractivity contribution in [3.8, 4) is 0 Å². The Morgan fingerprint density at radius 1 is 1.30 bits per heavy atom. The molecule has 0 amide bonds.